The largest absolute Gasteiger partial charge is 0.497 e. The van der Waals surface area contributed by atoms with Crippen LogP contribution in [0.4, 0.5) is 0 Å². The van der Waals surface area contributed by atoms with Gasteiger partial charge in [-0.05, 0) is 36.0 Å². The van der Waals surface area contributed by atoms with Crippen LogP contribution in [0.3, 0.4) is 0 Å². The molecule has 0 aromatic heterocycles. The lowest BCUT2D eigenvalue weighted by Crippen LogP contribution is -2.02. The van der Waals surface area contributed by atoms with Gasteiger partial charge >= 0.3 is 0 Å². The Bertz CT molecular complexity index is 316. The topological polar surface area (TPSA) is 26.3 Å². The Morgan fingerprint density at radius 1 is 1.25 bits per heavy atom. The van der Waals surface area contributed by atoms with Gasteiger partial charge in [0.05, 0.1) is 7.11 Å². The zero-order chi connectivity index (χ0) is 12.0. The van der Waals surface area contributed by atoms with Crippen LogP contribution in [0.1, 0.15) is 38.2 Å². The number of rotatable bonds is 6. The summed E-state index contributed by atoms with van der Waals surface area (Å²) in [5.74, 6) is 1.83. The van der Waals surface area contributed by atoms with Gasteiger partial charge in [0.25, 0.3) is 0 Å². The molecule has 1 rings (SSSR count). The van der Waals surface area contributed by atoms with E-state index in [-0.39, 0.29) is 0 Å². The predicted molar refractivity (Wildman–Crippen MR) is 65.9 cm³/mol. The summed E-state index contributed by atoms with van der Waals surface area (Å²) in [4.78, 5) is 10.4. The Labute approximate surface area is 97.6 Å². The third kappa shape index (κ3) is 3.69. The summed E-state index contributed by atoms with van der Waals surface area (Å²) in [6.07, 6.45) is 2.71. The molecule has 16 heavy (non-hydrogen) atoms. The van der Waals surface area contributed by atoms with Crippen molar-refractivity contribution in [2.45, 2.75) is 32.6 Å². The van der Waals surface area contributed by atoms with E-state index < -0.39 is 0 Å². The van der Waals surface area contributed by atoms with Crippen molar-refractivity contribution in [2.24, 2.45) is 5.92 Å². The molecular formula is C14H20O2. The smallest absolute Gasteiger partial charge is 0.120 e. The van der Waals surface area contributed by atoms with Crippen LogP contribution in [0.5, 0.6) is 5.75 Å². The second-order valence-electron chi connectivity index (χ2n) is 4.42. The summed E-state index contributed by atoms with van der Waals surface area (Å²) >= 11 is 0. The Morgan fingerprint density at radius 2 is 1.88 bits per heavy atom. The van der Waals surface area contributed by atoms with Gasteiger partial charge in [0.15, 0.2) is 0 Å². The minimum atomic E-state index is 0.453. The lowest BCUT2D eigenvalue weighted by molar-refractivity contribution is -0.108. The quantitative estimate of drug-likeness (QED) is 0.687. The monoisotopic (exact) mass is 220 g/mol. The van der Waals surface area contributed by atoms with Crippen LogP contribution in [-0.4, -0.2) is 13.4 Å². The maximum absolute atomic E-state index is 10.4. The lowest BCUT2D eigenvalue weighted by Gasteiger charge is -2.16. The minimum absolute atomic E-state index is 0.453. The van der Waals surface area contributed by atoms with Gasteiger partial charge in [-0.2, -0.15) is 0 Å². The normalized spacial score (nSPS) is 14.2. The van der Waals surface area contributed by atoms with Crippen LogP contribution in [0, 0.1) is 5.92 Å². The van der Waals surface area contributed by atoms with E-state index >= 15 is 0 Å². The van der Waals surface area contributed by atoms with Gasteiger partial charge in [0, 0.05) is 6.42 Å². The highest BCUT2D eigenvalue weighted by Crippen LogP contribution is 2.25. The van der Waals surface area contributed by atoms with E-state index in [4.69, 9.17) is 4.74 Å². The van der Waals surface area contributed by atoms with Crippen molar-refractivity contribution in [3.8, 4) is 5.75 Å². The van der Waals surface area contributed by atoms with E-state index in [1.807, 2.05) is 12.1 Å². The average molecular weight is 220 g/mol. The van der Waals surface area contributed by atoms with Crippen molar-refractivity contribution in [3.05, 3.63) is 29.8 Å². The second-order valence-corrected chi connectivity index (χ2v) is 4.42. The molecule has 88 valence electrons. The minimum Gasteiger partial charge on any atom is -0.497 e. The zero-order valence-corrected chi connectivity index (χ0v) is 10.3. The van der Waals surface area contributed by atoms with Crippen molar-refractivity contribution >= 4 is 6.29 Å². The molecule has 0 saturated heterocycles. The first-order valence-electron chi connectivity index (χ1n) is 5.75. The van der Waals surface area contributed by atoms with Gasteiger partial charge < -0.3 is 9.53 Å². The molecule has 0 radical (unpaired) electrons. The molecule has 0 saturated carbocycles. The summed E-state index contributed by atoms with van der Waals surface area (Å²) in [6, 6.07) is 8.15. The van der Waals surface area contributed by atoms with Crippen LogP contribution in [-0.2, 0) is 4.79 Å². The molecule has 0 fully saturated rings. The molecule has 0 aliphatic carbocycles. The standard InChI is InChI=1S/C14H20O2/c1-11(8-9-15)10-12(2)13-4-6-14(16-3)7-5-13/h4-7,9,11-12H,8,10H2,1-3H3. The maximum Gasteiger partial charge on any atom is 0.120 e. The van der Waals surface area contributed by atoms with Gasteiger partial charge in [-0.25, -0.2) is 0 Å². The maximum atomic E-state index is 10.4. The highest BCUT2D eigenvalue weighted by atomic mass is 16.5. The number of hydrogen-bond donors (Lipinski definition) is 0. The van der Waals surface area contributed by atoms with Crippen molar-refractivity contribution in [3.63, 3.8) is 0 Å². The van der Waals surface area contributed by atoms with E-state index in [9.17, 15) is 4.79 Å². The summed E-state index contributed by atoms with van der Waals surface area (Å²) in [5, 5.41) is 0. The molecule has 2 atom stereocenters. The fraction of sp³-hybridized carbons (Fsp3) is 0.500. The Morgan fingerprint density at radius 3 is 2.38 bits per heavy atom. The molecule has 2 unspecified atom stereocenters. The number of ether oxygens (including phenoxy) is 1. The van der Waals surface area contributed by atoms with E-state index in [1.165, 1.54) is 5.56 Å². The first kappa shape index (κ1) is 12.8. The number of carbonyl (C=O) groups excluding carboxylic acids is 1. The molecule has 2 nitrogen and oxygen atoms in total. The van der Waals surface area contributed by atoms with E-state index in [1.54, 1.807) is 7.11 Å². The number of hydrogen-bond acceptors (Lipinski definition) is 2. The second kappa shape index (κ2) is 6.31. The summed E-state index contributed by atoms with van der Waals surface area (Å²) < 4.78 is 5.12. The Kier molecular flexibility index (Phi) is 5.03. The van der Waals surface area contributed by atoms with Crippen molar-refractivity contribution in [1.82, 2.24) is 0 Å². The first-order chi connectivity index (χ1) is 7.67. The highest BCUT2D eigenvalue weighted by Gasteiger charge is 2.10. The number of methoxy groups -OCH3 is 1. The molecule has 0 bridgehead atoms. The van der Waals surface area contributed by atoms with Crippen molar-refractivity contribution in [1.29, 1.82) is 0 Å². The van der Waals surface area contributed by atoms with Gasteiger partial charge in [-0.15, -0.1) is 0 Å². The lowest BCUT2D eigenvalue weighted by atomic mass is 9.90. The van der Waals surface area contributed by atoms with Gasteiger partial charge in [0.1, 0.15) is 12.0 Å². The molecule has 0 amide bonds. The number of benzene rings is 1. The van der Waals surface area contributed by atoms with Crippen LogP contribution < -0.4 is 4.74 Å². The average Bonchev–Trinajstić information content (AvgIpc) is 2.29. The molecule has 0 spiro atoms. The van der Waals surface area contributed by atoms with Crippen molar-refractivity contribution < 1.29 is 9.53 Å². The Balaban J connectivity index is 2.58. The van der Waals surface area contributed by atoms with Crippen LogP contribution in [0.2, 0.25) is 0 Å². The third-order valence-corrected chi connectivity index (χ3v) is 2.94. The fourth-order valence-electron chi connectivity index (χ4n) is 1.93. The van der Waals surface area contributed by atoms with Gasteiger partial charge in [0.2, 0.25) is 0 Å². The molecule has 0 N–H and O–H groups in total. The molecule has 0 aliphatic heterocycles. The van der Waals surface area contributed by atoms with Crippen molar-refractivity contribution in [2.75, 3.05) is 7.11 Å². The van der Waals surface area contributed by atoms with E-state index in [2.05, 4.69) is 26.0 Å². The highest BCUT2D eigenvalue weighted by molar-refractivity contribution is 5.49. The van der Waals surface area contributed by atoms with Gasteiger partial charge in [-0.1, -0.05) is 26.0 Å². The van der Waals surface area contributed by atoms with Gasteiger partial charge in [-0.3, -0.25) is 0 Å². The Hall–Kier alpha value is -1.31. The number of carbonyl (C=O) groups is 1. The van der Waals surface area contributed by atoms with Crippen LogP contribution in [0.25, 0.3) is 0 Å². The van der Waals surface area contributed by atoms with E-state index in [0.29, 0.717) is 18.3 Å². The first-order valence-corrected chi connectivity index (χ1v) is 5.75. The molecule has 1 aromatic carbocycles. The fourth-order valence-corrected chi connectivity index (χ4v) is 1.93. The summed E-state index contributed by atoms with van der Waals surface area (Å²) in [5.41, 5.74) is 1.30. The SMILES string of the molecule is COc1ccc(C(C)CC(C)CC=O)cc1. The summed E-state index contributed by atoms with van der Waals surface area (Å²) in [7, 11) is 1.67. The zero-order valence-electron chi connectivity index (χ0n) is 10.3. The molecular weight excluding hydrogens is 200 g/mol. The third-order valence-electron chi connectivity index (χ3n) is 2.94. The molecule has 1 aromatic rings. The number of aldehydes is 1. The predicted octanol–water partition coefficient (Wildman–Crippen LogP) is 3.41. The van der Waals surface area contributed by atoms with Crippen LogP contribution in [0.15, 0.2) is 24.3 Å². The molecule has 2 heteroatoms. The summed E-state index contributed by atoms with van der Waals surface area (Å²) in [6.45, 7) is 4.32. The van der Waals surface area contributed by atoms with Crippen LogP contribution >= 0.6 is 0 Å². The molecule has 0 heterocycles. The molecule has 0 aliphatic rings. The van der Waals surface area contributed by atoms with E-state index in [0.717, 1.165) is 18.5 Å².